The molecule has 1 amide bonds. The van der Waals surface area contributed by atoms with Crippen LogP contribution in [0, 0.1) is 18.3 Å². The minimum Gasteiger partial charge on any atom is -0.457 e. The lowest BCUT2D eigenvalue weighted by molar-refractivity contribution is -0.112. The van der Waals surface area contributed by atoms with Gasteiger partial charge in [-0.1, -0.05) is 53.0 Å². The summed E-state index contributed by atoms with van der Waals surface area (Å²) in [6, 6.07) is 17.9. The number of anilines is 1. The fourth-order valence-corrected chi connectivity index (χ4v) is 2.66. The first kappa shape index (κ1) is 18.8. The molecule has 0 saturated heterocycles. The second-order valence-corrected chi connectivity index (χ2v) is 6.64. The summed E-state index contributed by atoms with van der Waals surface area (Å²) < 4.78 is 5.73. The van der Waals surface area contributed by atoms with Gasteiger partial charge in [0.05, 0.1) is 10.0 Å². The Bertz CT molecular complexity index is 1060. The van der Waals surface area contributed by atoms with E-state index in [-0.39, 0.29) is 5.57 Å². The monoisotopic (exact) mass is 396 g/mol. The zero-order valence-corrected chi connectivity index (χ0v) is 15.8. The zero-order chi connectivity index (χ0) is 19.4. The summed E-state index contributed by atoms with van der Waals surface area (Å²) >= 11 is 11.8. The lowest BCUT2D eigenvalue weighted by Gasteiger charge is -2.05. The highest BCUT2D eigenvalue weighted by molar-refractivity contribution is 6.42. The molecule has 1 aromatic heterocycles. The van der Waals surface area contributed by atoms with Crippen LogP contribution in [0.3, 0.4) is 0 Å². The number of hydrogen-bond acceptors (Lipinski definition) is 3. The number of carbonyl (C=O) groups is 1. The van der Waals surface area contributed by atoms with E-state index in [0.29, 0.717) is 27.3 Å². The molecule has 27 heavy (non-hydrogen) atoms. The van der Waals surface area contributed by atoms with Crippen LogP contribution in [0.25, 0.3) is 17.4 Å². The third-order valence-electron chi connectivity index (χ3n) is 3.79. The van der Waals surface area contributed by atoms with Gasteiger partial charge in [0, 0.05) is 17.3 Å². The van der Waals surface area contributed by atoms with Crippen molar-refractivity contribution in [2.45, 2.75) is 6.92 Å². The lowest BCUT2D eigenvalue weighted by Crippen LogP contribution is -2.13. The Morgan fingerprint density at radius 1 is 1.07 bits per heavy atom. The van der Waals surface area contributed by atoms with Crippen LogP contribution in [0.4, 0.5) is 5.69 Å². The van der Waals surface area contributed by atoms with Gasteiger partial charge in [-0.05, 0) is 37.3 Å². The van der Waals surface area contributed by atoms with Gasteiger partial charge < -0.3 is 9.73 Å². The van der Waals surface area contributed by atoms with Crippen molar-refractivity contribution in [1.82, 2.24) is 0 Å². The second kappa shape index (κ2) is 8.13. The highest BCUT2D eigenvalue weighted by atomic mass is 35.5. The summed E-state index contributed by atoms with van der Waals surface area (Å²) in [6.07, 6.45) is 1.39. The topological polar surface area (TPSA) is 66.0 Å². The van der Waals surface area contributed by atoms with Crippen molar-refractivity contribution in [2.24, 2.45) is 0 Å². The van der Waals surface area contributed by atoms with Gasteiger partial charge in [-0.25, -0.2) is 0 Å². The Hall–Kier alpha value is -3.00. The molecule has 3 aromatic rings. The van der Waals surface area contributed by atoms with Crippen LogP contribution >= 0.6 is 23.2 Å². The van der Waals surface area contributed by atoms with Crippen LogP contribution < -0.4 is 5.32 Å². The first-order valence-corrected chi connectivity index (χ1v) is 8.77. The van der Waals surface area contributed by atoms with Crippen molar-refractivity contribution in [1.29, 1.82) is 5.26 Å². The number of benzene rings is 2. The normalized spacial score (nSPS) is 11.1. The van der Waals surface area contributed by atoms with Gasteiger partial charge in [0.1, 0.15) is 23.2 Å². The Balaban J connectivity index is 1.79. The van der Waals surface area contributed by atoms with Crippen LogP contribution in [0.1, 0.15) is 11.3 Å². The van der Waals surface area contributed by atoms with E-state index in [9.17, 15) is 10.1 Å². The summed E-state index contributed by atoms with van der Waals surface area (Å²) in [5.74, 6) is 0.499. The van der Waals surface area contributed by atoms with Gasteiger partial charge in [-0.2, -0.15) is 5.26 Å². The molecule has 0 unspecified atom stereocenters. The third kappa shape index (κ3) is 4.59. The number of nitrogens with one attached hydrogen (secondary N) is 1. The summed E-state index contributed by atoms with van der Waals surface area (Å²) in [4.78, 5) is 12.3. The molecule has 0 radical (unpaired) electrons. The first-order valence-electron chi connectivity index (χ1n) is 8.01. The van der Waals surface area contributed by atoms with Crippen molar-refractivity contribution in [3.63, 3.8) is 0 Å². The van der Waals surface area contributed by atoms with E-state index in [0.717, 1.165) is 11.1 Å². The van der Waals surface area contributed by atoms with E-state index < -0.39 is 5.91 Å². The van der Waals surface area contributed by atoms with Crippen molar-refractivity contribution in [2.75, 3.05) is 5.32 Å². The average Bonchev–Trinajstić information content (AvgIpc) is 3.12. The van der Waals surface area contributed by atoms with Gasteiger partial charge in [0.15, 0.2) is 0 Å². The maximum Gasteiger partial charge on any atom is 0.266 e. The number of carbonyl (C=O) groups excluding carboxylic acids is 1. The number of furan rings is 1. The molecule has 0 fully saturated rings. The summed E-state index contributed by atoms with van der Waals surface area (Å²) in [5.41, 5.74) is 2.41. The number of nitrogens with zero attached hydrogens (tertiary/aromatic N) is 1. The Kier molecular flexibility index (Phi) is 5.66. The summed E-state index contributed by atoms with van der Waals surface area (Å²) in [5, 5.41) is 12.6. The second-order valence-electron chi connectivity index (χ2n) is 5.82. The van der Waals surface area contributed by atoms with E-state index in [1.807, 2.05) is 37.3 Å². The molecule has 0 aliphatic carbocycles. The number of nitriles is 1. The fraction of sp³-hybridized carbons (Fsp3) is 0.0476. The molecule has 6 heteroatoms. The van der Waals surface area contributed by atoms with Gasteiger partial charge in [-0.3, -0.25) is 4.79 Å². The van der Waals surface area contributed by atoms with Crippen LogP contribution in [0.15, 0.2) is 64.6 Å². The molecule has 2 aromatic carbocycles. The molecule has 0 atom stereocenters. The minimum absolute atomic E-state index is 0.0918. The first-order chi connectivity index (χ1) is 13.0. The predicted octanol–water partition coefficient (Wildman–Crippen LogP) is 6.11. The van der Waals surface area contributed by atoms with Crippen molar-refractivity contribution in [3.8, 4) is 17.4 Å². The fourth-order valence-electron chi connectivity index (χ4n) is 2.37. The molecule has 4 nitrogen and oxygen atoms in total. The molecule has 0 spiro atoms. The molecule has 0 aliphatic heterocycles. The van der Waals surface area contributed by atoms with E-state index >= 15 is 0 Å². The van der Waals surface area contributed by atoms with Gasteiger partial charge in [0.2, 0.25) is 0 Å². The van der Waals surface area contributed by atoms with E-state index in [1.54, 1.807) is 24.3 Å². The van der Waals surface area contributed by atoms with Gasteiger partial charge >= 0.3 is 0 Å². The molecule has 1 N–H and O–H groups in total. The van der Waals surface area contributed by atoms with Crippen LogP contribution in [-0.2, 0) is 4.79 Å². The van der Waals surface area contributed by atoms with Gasteiger partial charge in [-0.15, -0.1) is 0 Å². The minimum atomic E-state index is -0.566. The Morgan fingerprint density at radius 3 is 2.48 bits per heavy atom. The van der Waals surface area contributed by atoms with Crippen LogP contribution in [-0.4, -0.2) is 5.91 Å². The molecule has 1 heterocycles. The van der Waals surface area contributed by atoms with Crippen molar-refractivity contribution in [3.05, 3.63) is 81.5 Å². The quantitative estimate of drug-likeness (QED) is 0.427. The average molecular weight is 397 g/mol. The zero-order valence-electron chi connectivity index (χ0n) is 14.3. The molecular formula is C21H14Cl2N2O2. The van der Waals surface area contributed by atoms with Gasteiger partial charge in [0.25, 0.3) is 5.91 Å². The highest BCUT2D eigenvalue weighted by Crippen LogP contribution is 2.26. The maximum absolute atomic E-state index is 12.3. The molecule has 134 valence electrons. The standard InChI is InChI=1S/C21H14Cl2N2O2/c1-13-2-4-14(5-3-13)20-9-7-17(27-20)10-15(12-24)21(26)25-16-6-8-18(22)19(23)11-16/h2-11H,1H3,(H,25,26)/b15-10+. The predicted molar refractivity (Wildman–Crippen MR) is 108 cm³/mol. The third-order valence-corrected chi connectivity index (χ3v) is 4.53. The molecule has 0 saturated carbocycles. The molecule has 0 aliphatic rings. The summed E-state index contributed by atoms with van der Waals surface area (Å²) in [6.45, 7) is 2.01. The summed E-state index contributed by atoms with van der Waals surface area (Å²) in [7, 11) is 0. The van der Waals surface area contributed by atoms with E-state index in [2.05, 4.69) is 5.32 Å². The maximum atomic E-state index is 12.3. The van der Waals surface area contributed by atoms with Crippen LogP contribution in [0.2, 0.25) is 10.0 Å². The van der Waals surface area contributed by atoms with Crippen molar-refractivity contribution < 1.29 is 9.21 Å². The highest BCUT2D eigenvalue weighted by Gasteiger charge is 2.12. The number of hydrogen-bond donors (Lipinski definition) is 1. The number of rotatable bonds is 4. The van der Waals surface area contributed by atoms with Crippen molar-refractivity contribution >= 4 is 40.9 Å². The smallest absolute Gasteiger partial charge is 0.266 e. The van der Waals surface area contributed by atoms with E-state index in [4.69, 9.17) is 27.6 Å². The lowest BCUT2D eigenvalue weighted by atomic mass is 10.1. The van der Waals surface area contributed by atoms with E-state index in [1.165, 1.54) is 12.1 Å². The molecule has 0 bridgehead atoms. The molecule has 3 rings (SSSR count). The van der Waals surface area contributed by atoms with Crippen LogP contribution in [0.5, 0.6) is 0 Å². The Morgan fingerprint density at radius 2 is 1.81 bits per heavy atom. The number of amides is 1. The molecular weight excluding hydrogens is 383 g/mol. The SMILES string of the molecule is Cc1ccc(-c2ccc(/C=C(\C#N)C(=O)Nc3ccc(Cl)c(Cl)c3)o2)cc1. The number of aryl methyl sites for hydroxylation is 1. The number of halogens is 2. The largest absolute Gasteiger partial charge is 0.457 e. The Labute approximate surface area is 166 Å².